The molecule has 0 amide bonds. The Labute approximate surface area is 175 Å². The lowest BCUT2D eigenvalue weighted by molar-refractivity contribution is 0.165. The standard InChI is InChI=1S/C25H35N3O/c1-17(16-26)28-13-11-18(12-14-28)19-9-10-22-21(15-19)25(2,3)24(27-22)20-7-5-6-8-23(20)29-4/h5-10,15,17-18,24,27H,11-14,16,26H2,1-4H3. The molecule has 4 heteroatoms. The van der Waals surface area contributed by atoms with Crippen LogP contribution in [0, 0.1) is 0 Å². The van der Waals surface area contributed by atoms with Crippen LogP contribution in [0.4, 0.5) is 5.69 Å². The van der Waals surface area contributed by atoms with E-state index in [1.54, 1.807) is 7.11 Å². The van der Waals surface area contributed by atoms with Crippen LogP contribution in [0.5, 0.6) is 5.75 Å². The summed E-state index contributed by atoms with van der Waals surface area (Å²) in [6.07, 6.45) is 2.43. The average Bonchev–Trinajstić information content (AvgIpc) is 3.03. The first-order valence-corrected chi connectivity index (χ1v) is 10.9. The molecule has 0 radical (unpaired) electrons. The Morgan fingerprint density at radius 1 is 1.17 bits per heavy atom. The van der Waals surface area contributed by atoms with Crippen LogP contribution in [0.25, 0.3) is 0 Å². The molecule has 2 aromatic carbocycles. The van der Waals surface area contributed by atoms with Crippen molar-refractivity contribution in [3.05, 3.63) is 59.2 Å². The Hall–Kier alpha value is -2.04. The fourth-order valence-corrected chi connectivity index (χ4v) is 5.16. The fraction of sp³-hybridized carbons (Fsp3) is 0.520. The summed E-state index contributed by atoms with van der Waals surface area (Å²) in [4.78, 5) is 2.53. The van der Waals surface area contributed by atoms with E-state index in [1.807, 2.05) is 6.07 Å². The third-order valence-electron chi connectivity index (χ3n) is 7.17. The summed E-state index contributed by atoms with van der Waals surface area (Å²) >= 11 is 0. The van der Waals surface area contributed by atoms with E-state index in [4.69, 9.17) is 10.5 Å². The van der Waals surface area contributed by atoms with Crippen LogP contribution in [0.15, 0.2) is 42.5 Å². The van der Waals surface area contributed by atoms with E-state index in [-0.39, 0.29) is 11.5 Å². The molecular weight excluding hydrogens is 358 g/mol. The van der Waals surface area contributed by atoms with Gasteiger partial charge >= 0.3 is 0 Å². The summed E-state index contributed by atoms with van der Waals surface area (Å²) in [6, 6.07) is 16.1. The smallest absolute Gasteiger partial charge is 0.124 e. The predicted molar refractivity (Wildman–Crippen MR) is 121 cm³/mol. The molecule has 2 unspecified atom stereocenters. The average molecular weight is 394 g/mol. The summed E-state index contributed by atoms with van der Waals surface area (Å²) in [5.41, 5.74) is 11.2. The number of nitrogens with zero attached hydrogens (tertiary/aromatic N) is 1. The highest BCUT2D eigenvalue weighted by Gasteiger charge is 2.41. The molecule has 2 aliphatic heterocycles. The van der Waals surface area contributed by atoms with Crippen molar-refractivity contribution >= 4 is 5.69 Å². The van der Waals surface area contributed by atoms with E-state index in [0.29, 0.717) is 12.0 Å². The van der Waals surface area contributed by atoms with Crippen LogP contribution in [-0.4, -0.2) is 37.7 Å². The van der Waals surface area contributed by atoms with Crippen molar-refractivity contribution in [3.63, 3.8) is 0 Å². The van der Waals surface area contributed by atoms with Crippen LogP contribution in [-0.2, 0) is 5.41 Å². The molecule has 0 aliphatic carbocycles. The van der Waals surface area contributed by atoms with Crippen LogP contribution in [0.1, 0.15) is 62.3 Å². The van der Waals surface area contributed by atoms with E-state index < -0.39 is 0 Å². The topological polar surface area (TPSA) is 50.5 Å². The predicted octanol–water partition coefficient (Wildman–Crippen LogP) is 4.67. The van der Waals surface area contributed by atoms with Gasteiger partial charge in [0.1, 0.15) is 5.75 Å². The molecule has 2 atom stereocenters. The maximum atomic E-state index is 5.86. The minimum atomic E-state index is -0.00522. The van der Waals surface area contributed by atoms with Crippen LogP contribution < -0.4 is 15.8 Å². The van der Waals surface area contributed by atoms with E-state index in [2.05, 4.69) is 67.4 Å². The van der Waals surface area contributed by atoms with Gasteiger partial charge < -0.3 is 15.8 Å². The first kappa shape index (κ1) is 20.2. The molecule has 0 spiro atoms. The molecule has 2 heterocycles. The lowest BCUT2D eigenvalue weighted by Gasteiger charge is -2.36. The fourth-order valence-electron chi connectivity index (χ4n) is 5.16. The number of fused-ring (bicyclic) bond motifs is 1. The number of nitrogens with two attached hydrogens (primary N) is 1. The highest BCUT2D eigenvalue weighted by Crippen LogP contribution is 2.51. The van der Waals surface area contributed by atoms with Crippen molar-refractivity contribution in [1.29, 1.82) is 0 Å². The second kappa shape index (κ2) is 8.00. The lowest BCUT2D eigenvalue weighted by Crippen LogP contribution is -2.43. The normalized spacial score (nSPS) is 22.7. The van der Waals surface area contributed by atoms with Gasteiger partial charge in [-0.2, -0.15) is 0 Å². The number of hydrogen-bond donors (Lipinski definition) is 2. The van der Waals surface area contributed by atoms with Gasteiger partial charge in [0.2, 0.25) is 0 Å². The second-order valence-electron chi connectivity index (χ2n) is 9.24. The zero-order chi connectivity index (χ0) is 20.6. The maximum Gasteiger partial charge on any atom is 0.124 e. The Balaban J connectivity index is 1.57. The molecule has 4 rings (SSSR count). The van der Waals surface area contributed by atoms with E-state index in [9.17, 15) is 0 Å². The van der Waals surface area contributed by atoms with Crippen molar-refractivity contribution in [2.75, 3.05) is 32.1 Å². The molecule has 3 N–H and O–H groups in total. The van der Waals surface area contributed by atoms with Crippen LogP contribution in [0.3, 0.4) is 0 Å². The van der Waals surface area contributed by atoms with Gasteiger partial charge in [0.05, 0.1) is 13.2 Å². The van der Waals surface area contributed by atoms with Gasteiger partial charge in [-0.25, -0.2) is 0 Å². The number of likely N-dealkylation sites (tertiary alicyclic amines) is 1. The molecule has 0 bridgehead atoms. The minimum absolute atomic E-state index is 0.00522. The number of anilines is 1. The number of para-hydroxylation sites is 1. The van der Waals surface area contributed by atoms with Crippen molar-refractivity contribution in [3.8, 4) is 5.75 Å². The number of benzene rings is 2. The van der Waals surface area contributed by atoms with Gasteiger partial charge in [-0.1, -0.05) is 44.2 Å². The molecule has 0 saturated carbocycles. The number of rotatable bonds is 5. The largest absolute Gasteiger partial charge is 0.496 e. The van der Waals surface area contributed by atoms with Gasteiger partial charge in [0.15, 0.2) is 0 Å². The van der Waals surface area contributed by atoms with Gasteiger partial charge in [-0.05, 0) is 62.0 Å². The summed E-state index contributed by atoms with van der Waals surface area (Å²) in [7, 11) is 1.75. The number of ether oxygens (including phenoxy) is 1. The van der Waals surface area contributed by atoms with Crippen LogP contribution in [0.2, 0.25) is 0 Å². The lowest BCUT2D eigenvalue weighted by atomic mass is 9.76. The molecule has 0 aromatic heterocycles. The Kier molecular flexibility index (Phi) is 5.58. The Morgan fingerprint density at radius 3 is 2.59 bits per heavy atom. The number of nitrogens with one attached hydrogen (secondary N) is 1. The van der Waals surface area contributed by atoms with Gasteiger partial charge in [0.25, 0.3) is 0 Å². The zero-order valence-corrected chi connectivity index (χ0v) is 18.2. The third kappa shape index (κ3) is 3.64. The molecule has 1 saturated heterocycles. The van der Waals surface area contributed by atoms with Gasteiger partial charge in [-0.3, -0.25) is 4.90 Å². The maximum absolute atomic E-state index is 5.86. The summed E-state index contributed by atoms with van der Waals surface area (Å²) in [5.74, 6) is 1.59. The van der Waals surface area contributed by atoms with Crippen LogP contribution >= 0.6 is 0 Å². The highest BCUT2D eigenvalue weighted by molar-refractivity contribution is 5.65. The summed E-state index contributed by atoms with van der Waals surface area (Å²) < 4.78 is 5.65. The molecule has 29 heavy (non-hydrogen) atoms. The van der Waals surface area contributed by atoms with Gasteiger partial charge in [-0.15, -0.1) is 0 Å². The highest BCUT2D eigenvalue weighted by atomic mass is 16.5. The molecule has 1 fully saturated rings. The number of piperidine rings is 1. The molecule has 156 valence electrons. The van der Waals surface area contributed by atoms with Gasteiger partial charge in [0, 0.05) is 29.3 Å². The first-order valence-electron chi connectivity index (χ1n) is 10.9. The summed E-state index contributed by atoms with van der Waals surface area (Å²) in [6.45, 7) is 9.96. The zero-order valence-electron chi connectivity index (χ0n) is 18.2. The van der Waals surface area contributed by atoms with Crippen molar-refractivity contribution in [1.82, 2.24) is 4.90 Å². The minimum Gasteiger partial charge on any atom is -0.496 e. The summed E-state index contributed by atoms with van der Waals surface area (Å²) in [5, 5.41) is 3.77. The van der Waals surface area contributed by atoms with E-state index in [1.165, 1.54) is 35.2 Å². The Morgan fingerprint density at radius 2 is 1.90 bits per heavy atom. The number of methoxy groups -OCH3 is 1. The van der Waals surface area contributed by atoms with Crippen molar-refractivity contribution < 1.29 is 4.74 Å². The SMILES string of the molecule is COc1ccccc1C1Nc2ccc(C3CCN(C(C)CN)CC3)cc2C1(C)C. The quantitative estimate of drug-likeness (QED) is 0.775. The second-order valence-corrected chi connectivity index (χ2v) is 9.24. The van der Waals surface area contributed by atoms with E-state index in [0.717, 1.165) is 25.4 Å². The number of hydrogen-bond acceptors (Lipinski definition) is 4. The molecule has 4 nitrogen and oxygen atoms in total. The Bertz CT molecular complexity index is 855. The van der Waals surface area contributed by atoms with Crippen molar-refractivity contribution in [2.45, 2.75) is 57.0 Å². The van der Waals surface area contributed by atoms with E-state index >= 15 is 0 Å². The third-order valence-corrected chi connectivity index (χ3v) is 7.17. The molecule has 2 aromatic rings. The van der Waals surface area contributed by atoms with Crippen molar-refractivity contribution in [2.24, 2.45) is 5.73 Å². The molecule has 2 aliphatic rings. The first-order chi connectivity index (χ1) is 14.0. The monoisotopic (exact) mass is 393 g/mol. The molecular formula is C25H35N3O.